The van der Waals surface area contributed by atoms with E-state index in [0.717, 1.165) is 4.57 Å². The molecule has 1 aromatic heterocycles. The van der Waals surface area contributed by atoms with Gasteiger partial charge in [-0.2, -0.15) is 13.6 Å². The predicted molar refractivity (Wildman–Crippen MR) is 203 cm³/mol. The number of nitrogens with zero attached hydrogens (tertiary/aromatic N) is 5. The number of hydrazine groups is 1. The molecular weight excluding hydrogens is 869 g/mol. The third-order valence-electron chi connectivity index (χ3n) is 7.34. The van der Waals surface area contributed by atoms with Crippen LogP contribution in [-0.4, -0.2) is 126 Å². The summed E-state index contributed by atoms with van der Waals surface area (Å²) in [6.45, 7) is -0.819. The highest BCUT2D eigenvalue weighted by atomic mass is 31.3. The fraction of sp³-hybridized carbons (Fsp3) is 0.517. The highest BCUT2D eigenvalue weighted by molar-refractivity contribution is 7.66. The number of aromatic nitrogens is 2. The number of ether oxygens (including phenoxy) is 5. The highest BCUT2D eigenvalue weighted by Gasteiger charge is 2.43. The second kappa shape index (κ2) is 24.2. The van der Waals surface area contributed by atoms with Gasteiger partial charge in [0.15, 0.2) is 6.23 Å². The Morgan fingerprint density at radius 2 is 1.92 bits per heavy atom. The van der Waals surface area contributed by atoms with Crippen molar-refractivity contribution in [3.8, 4) is 17.6 Å². The van der Waals surface area contributed by atoms with Gasteiger partial charge in [0.05, 0.1) is 38.0 Å². The zero-order valence-corrected chi connectivity index (χ0v) is 34.4. The van der Waals surface area contributed by atoms with Crippen LogP contribution in [0.4, 0.5) is 5.82 Å². The topological polar surface area (TPSA) is 398 Å². The molecule has 1 aliphatic heterocycles. The van der Waals surface area contributed by atoms with Crippen molar-refractivity contribution in [2.75, 3.05) is 72.6 Å². The van der Waals surface area contributed by atoms with E-state index in [1.807, 2.05) is 0 Å². The summed E-state index contributed by atoms with van der Waals surface area (Å²) in [6, 6.07) is 6.37. The van der Waals surface area contributed by atoms with E-state index in [-0.39, 0.29) is 56.7 Å². The number of nitrogens with one attached hydrogen (secondary N) is 4. The number of azide groups is 1. The molecule has 0 bridgehead atoms. The Bertz CT molecular complexity index is 2090. The zero-order valence-electron chi connectivity index (χ0n) is 31.7. The molecule has 3 rings (SSSR count). The van der Waals surface area contributed by atoms with E-state index >= 15 is 0 Å². The van der Waals surface area contributed by atoms with Crippen LogP contribution >= 0.6 is 23.5 Å². The lowest BCUT2D eigenvalue weighted by molar-refractivity contribution is -0.126. The first-order valence-electron chi connectivity index (χ1n) is 17.1. The fourth-order valence-electron chi connectivity index (χ4n) is 4.80. The van der Waals surface area contributed by atoms with Crippen molar-refractivity contribution in [1.82, 2.24) is 31.0 Å². The van der Waals surface area contributed by atoms with Crippen molar-refractivity contribution >= 4 is 41.1 Å². The van der Waals surface area contributed by atoms with Gasteiger partial charge in [0, 0.05) is 43.3 Å². The Morgan fingerprint density at radius 3 is 2.62 bits per heavy atom. The van der Waals surface area contributed by atoms with Crippen LogP contribution in [0.1, 0.15) is 28.6 Å². The van der Waals surface area contributed by atoms with Crippen LogP contribution in [-0.2, 0) is 50.6 Å². The number of nitrogen functional groups attached to an aromatic ring is 1. The Balaban J connectivity index is 1.44. The number of nitrogens with two attached hydrogens (primary N) is 1. The van der Waals surface area contributed by atoms with E-state index in [4.69, 9.17) is 44.7 Å². The first kappa shape index (κ1) is 50.0. The number of anilines is 1. The molecule has 31 heteroatoms. The third kappa shape index (κ3) is 18.1. The van der Waals surface area contributed by atoms with E-state index < -0.39 is 66.3 Å². The summed E-state index contributed by atoms with van der Waals surface area (Å²) in [5.74, 6) is 4.53. The molecule has 0 aliphatic carbocycles. The van der Waals surface area contributed by atoms with Crippen LogP contribution in [0.15, 0.2) is 40.4 Å². The lowest BCUT2D eigenvalue weighted by Crippen LogP contribution is -2.36. The van der Waals surface area contributed by atoms with Gasteiger partial charge in [-0.25, -0.2) is 18.5 Å². The average molecular weight is 913 g/mol. The van der Waals surface area contributed by atoms with Gasteiger partial charge in [0.25, 0.3) is 5.91 Å². The maximum absolute atomic E-state index is 12.7. The normalized spacial score (nSPS) is 18.8. The number of amides is 2. The predicted octanol–water partition coefficient (Wildman–Crippen LogP) is -0.859. The zero-order chi connectivity index (χ0) is 44.3. The van der Waals surface area contributed by atoms with Crippen molar-refractivity contribution in [2.45, 2.75) is 31.1 Å². The molecule has 6 atom stereocenters. The van der Waals surface area contributed by atoms with Crippen LogP contribution in [0.5, 0.6) is 5.75 Å². The van der Waals surface area contributed by atoms with Crippen molar-refractivity contribution in [2.24, 2.45) is 5.11 Å². The van der Waals surface area contributed by atoms with Crippen LogP contribution in [0.2, 0.25) is 0 Å². The van der Waals surface area contributed by atoms with Gasteiger partial charge in [-0.3, -0.25) is 29.5 Å². The van der Waals surface area contributed by atoms with Crippen molar-refractivity contribution in [3.05, 3.63) is 62.5 Å². The second-order valence-corrected chi connectivity index (χ2v) is 16.1. The molecule has 28 nitrogen and oxygen atoms in total. The minimum Gasteiger partial charge on any atom is -0.491 e. The molecule has 0 radical (unpaired) electrons. The summed E-state index contributed by atoms with van der Waals surface area (Å²) in [7, 11) is -13.9. The molecule has 60 heavy (non-hydrogen) atoms. The Labute approximate surface area is 340 Å². The van der Waals surface area contributed by atoms with Gasteiger partial charge in [-0.15, -0.1) is 0 Å². The minimum atomic E-state index is -5.75. The van der Waals surface area contributed by atoms with Gasteiger partial charge in [0.2, 0.25) is 5.91 Å². The van der Waals surface area contributed by atoms with Crippen LogP contribution in [0.3, 0.4) is 0 Å². The quantitative estimate of drug-likeness (QED) is 0.0111. The van der Waals surface area contributed by atoms with E-state index in [1.165, 1.54) is 19.4 Å². The van der Waals surface area contributed by atoms with Gasteiger partial charge < -0.3 is 59.6 Å². The highest BCUT2D eigenvalue weighted by Crippen LogP contribution is 2.66. The van der Waals surface area contributed by atoms with E-state index in [9.17, 15) is 37.9 Å². The molecule has 2 heterocycles. The average Bonchev–Trinajstić information content (AvgIpc) is 3.58. The molecule has 0 spiro atoms. The molecule has 1 fully saturated rings. The maximum atomic E-state index is 12.7. The van der Waals surface area contributed by atoms with Crippen molar-refractivity contribution in [3.63, 3.8) is 0 Å². The molecule has 10 N–H and O–H groups in total. The Morgan fingerprint density at radius 1 is 1.15 bits per heavy atom. The summed E-state index contributed by atoms with van der Waals surface area (Å²) >= 11 is 0. The smallest absolute Gasteiger partial charge is 0.490 e. The minimum absolute atomic E-state index is 0.0490. The molecule has 332 valence electrons. The molecule has 2 amide bonds. The number of benzene rings is 1. The maximum Gasteiger partial charge on any atom is 0.490 e. The third-order valence-corrected chi connectivity index (χ3v) is 11.1. The number of phosphoric ester groups is 1. The number of methoxy groups -OCH3 is 1. The van der Waals surface area contributed by atoms with E-state index in [0.29, 0.717) is 24.4 Å². The monoisotopic (exact) mass is 912 g/mol. The number of hydrogen-bond acceptors (Lipinski definition) is 19. The second-order valence-electron chi connectivity index (χ2n) is 11.7. The summed E-state index contributed by atoms with van der Waals surface area (Å²) in [5.41, 5.74) is 19.9. The molecule has 2 aromatic rings. The number of phosphoric acid groups is 3. The van der Waals surface area contributed by atoms with Gasteiger partial charge in [-0.1, -0.05) is 23.0 Å². The van der Waals surface area contributed by atoms with Gasteiger partial charge >= 0.3 is 29.2 Å². The molecule has 1 aromatic carbocycles. The number of carbonyl (C=O) groups is 2. The molecule has 1 saturated heterocycles. The Hall–Kier alpha value is -4.32. The molecule has 5 unspecified atom stereocenters. The first-order valence-corrected chi connectivity index (χ1v) is 21.6. The van der Waals surface area contributed by atoms with Crippen LogP contribution < -0.4 is 37.6 Å². The fourth-order valence-corrected chi connectivity index (χ4v) is 7.83. The largest absolute Gasteiger partial charge is 0.491 e. The van der Waals surface area contributed by atoms with E-state index in [1.54, 1.807) is 25.2 Å². The number of rotatable bonds is 25. The van der Waals surface area contributed by atoms with Crippen molar-refractivity contribution in [1.29, 1.82) is 0 Å². The van der Waals surface area contributed by atoms with Gasteiger partial charge in [0.1, 0.15) is 37.1 Å². The molecular formula is C29H43N10O18P3. The first-order chi connectivity index (χ1) is 28.3. The summed E-state index contributed by atoms with van der Waals surface area (Å²) in [4.78, 5) is 80.2. The lowest BCUT2D eigenvalue weighted by atomic mass is 10.2. The number of hydrogen-bond donors (Lipinski definition) is 9. The van der Waals surface area contributed by atoms with Crippen LogP contribution in [0.25, 0.3) is 10.4 Å². The number of carbonyl (C=O) groups excluding carboxylic acids is 2. The lowest BCUT2D eigenvalue weighted by Gasteiger charge is -2.20. The standard InChI is InChI=1S/C29H43N10O18P3/c1-32-35-10-9-34-28(41)19-5-3-7-21(13-19)53-18-25(37-38-31)52-12-11-51-17-24(40)33-8-4-6-20-15-39(29(42)36-27(20)30)26-14-22(50-2)23(55-26)16-54-59(46,47)57-60(48,49)56-58(43,44)45/h3,5,7,13,15,22-23,25-26,32,35H,8-12,14,16-18H2,1-2H3,(H,33,40)(H,34,41)(H,46,47)(H,48,49)(H2,30,36,42)(H2,43,44,45)/t22?,23-,25?,26?/m0/s1. The van der Waals surface area contributed by atoms with E-state index in [2.05, 4.69) is 61.5 Å². The molecule has 1 aliphatic rings. The summed E-state index contributed by atoms with van der Waals surface area (Å²) in [5, 5.41) is 8.77. The van der Waals surface area contributed by atoms with Crippen molar-refractivity contribution < 1.29 is 79.7 Å². The summed E-state index contributed by atoms with van der Waals surface area (Å²) < 4.78 is 74.9. The Kier molecular flexibility index (Phi) is 20.2. The summed E-state index contributed by atoms with van der Waals surface area (Å²) in [6.07, 6.45) is -3.09. The SMILES string of the molecule is CNNCCNC(=O)c1cccc(OCC(N=[N+]=[N-])OCCOCC(=O)NCC#Cc2cn(C3CC(OC)[C@H](COP(=O)(O)OP(=O)(O)OP(=O)(O)O)O3)c(=O)nc2N)c1. The molecule has 0 saturated carbocycles. The van der Waals surface area contributed by atoms with Gasteiger partial charge in [-0.05, 0) is 30.8 Å². The van der Waals surface area contributed by atoms with Crippen LogP contribution in [0, 0.1) is 11.8 Å².